The summed E-state index contributed by atoms with van der Waals surface area (Å²) in [5.41, 5.74) is 9.42. The van der Waals surface area contributed by atoms with E-state index in [0.29, 0.717) is 12.0 Å². The first kappa shape index (κ1) is 35.8. The molecule has 1 saturated heterocycles. The second-order valence-electron chi connectivity index (χ2n) is 13.2. The van der Waals surface area contributed by atoms with Crippen molar-refractivity contribution in [2.24, 2.45) is 0 Å². The summed E-state index contributed by atoms with van der Waals surface area (Å²) in [7, 11) is 0. The Balaban J connectivity index is 0.000000606. The van der Waals surface area contributed by atoms with Crippen molar-refractivity contribution in [3.63, 3.8) is 0 Å². The van der Waals surface area contributed by atoms with E-state index in [0.717, 1.165) is 61.3 Å². The number of hydrogen-bond donors (Lipinski definition) is 3. The van der Waals surface area contributed by atoms with Crippen molar-refractivity contribution < 1.29 is 27.9 Å². The van der Waals surface area contributed by atoms with Crippen LogP contribution in [-0.2, 0) is 30.7 Å². The van der Waals surface area contributed by atoms with Crippen molar-refractivity contribution in [3.8, 4) is 11.1 Å². The molecule has 1 unspecified atom stereocenters. The fraction of sp³-hybridized carbons (Fsp3) is 0.350. The summed E-state index contributed by atoms with van der Waals surface area (Å²) < 4.78 is 31.7. The highest BCUT2D eigenvalue weighted by Gasteiger charge is 2.38. The van der Waals surface area contributed by atoms with Crippen LogP contribution in [0.5, 0.6) is 0 Å². The van der Waals surface area contributed by atoms with Gasteiger partial charge in [0.05, 0.1) is 0 Å². The number of carboxylic acids is 1. The van der Waals surface area contributed by atoms with Crippen LogP contribution in [0.1, 0.15) is 70.8 Å². The monoisotopic (exact) mass is 671 g/mol. The zero-order valence-corrected chi connectivity index (χ0v) is 28.0. The van der Waals surface area contributed by atoms with Gasteiger partial charge in [-0.2, -0.15) is 13.2 Å². The molecule has 6 nitrogen and oxygen atoms in total. The van der Waals surface area contributed by atoms with E-state index in [2.05, 4.69) is 126 Å². The van der Waals surface area contributed by atoms with Gasteiger partial charge in [0.2, 0.25) is 0 Å². The Morgan fingerprint density at radius 1 is 0.878 bits per heavy atom. The van der Waals surface area contributed by atoms with Gasteiger partial charge in [-0.15, -0.1) is 0 Å². The van der Waals surface area contributed by atoms with Crippen LogP contribution in [0.2, 0.25) is 0 Å². The predicted molar refractivity (Wildman–Crippen MR) is 186 cm³/mol. The molecule has 4 aromatic rings. The molecule has 9 heteroatoms. The third-order valence-corrected chi connectivity index (χ3v) is 9.12. The molecule has 1 aliphatic carbocycles. The minimum Gasteiger partial charge on any atom is -0.475 e. The molecular weight excluding hydrogens is 627 g/mol. The normalized spacial score (nSPS) is 16.5. The van der Waals surface area contributed by atoms with Gasteiger partial charge in [0.1, 0.15) is 0 Å². The number of nitrogens with one attached hydrogen (secondary N) is 2. The summed E-state index contributed by atoms with van der Waals surface area (Å²) in [5, 5.41) is 14.0. The number of halogens is 3. The topological polar surface area (TPSA) is 81.7 Å². The summed E-state index contributed by atoms with van der Waals surface area (Å²) in [5.74, 6) is -2.14. The lowest BCUT2D eigenvalue weighted by atomic mass is 9.90. The smallest absolute Gasteiger partial charge is 0.475 e. The number of carbonyl (C=O) groups is 2. The SMILES string of the molecule is CC(C)NCc1ccc(-c2ccc(CN3CCCC(c4ccccc4)C3)cc2)c(C(=O)NC2Cc3ccccc3C2)c1.O=C(O)C(F)(F)F. The fourth-order valence-corrected chi connectivity index (χ4v) is 6.63. The number of benzene rings is 4. The van der Waals surface area contributed by atoms with Gasteiger partial charge in [-0.3, -0.25) is 9.69 Å². The average Bonchev–Trinajstić information content (AvgIpc) is 3.50. The average molecular weight is 672 g/mol. The molecule has 0 spiro atoms. The van der Waals surface area contributed by atoms with Crippen molar-refractivity contribution >= 4 is 11.9 Å². The number of carbonyl (C=O) groups excluding carboxylic acids is 1. The molecule has 49 heavy (non-hydrogen) atoms. The second kappa shape index (κ2) is 16.3. The molecule has 1 atom stereocenters. The molecule has 0 saturated carbocycles. The Bertz CT molecular complexity index is 1680. The van der Waals surface area contributed by atoms with Crippen molar-refractivity contribution in [2.45, 2.75) is 76.8 Å². The fourth-order valence-electron chi connectivity index (χ4n) is 6.63. The first-order valence-corrected chi connectivity index (χ1v) is 16.9. The maximum atomic E-state index is 13.8. The third-order valence-electron chi connectivity index (χ3n) is 9.12. The lowest BCUT2D eigenvalue weighted by Crippen LogP contribution is -2.35. The number of aliphatic carboxylic acids is 1. The lowest BCUT2D eigenvalue weighted by Gasteiger charge is -2.33. The molecular formula is C40H44F3N3O3. The Labute approximate surface area is 286 Å². The van der Waals surface area contributed by atoms with E-state index in [4.69, 9.17) is 9.90 Å². The van der Waals surface area contributed by atoms with Crippen LogP contribution in [0.4, 0.5) is 13.2 Å². The van der Waals surface area contributed by atoms with E-state index in [1.807, 2.05) is 0 Å². The molecule has 0 bridgehead atoms. The number of amides is 1. The molecule has 2 aliphatic rings. The van der Waals surface area contributed by atoms with Gasteiger partial charge in [0.25, 0.3) is 5.91 Å². The van der Waals surface area contributed by atoms with Crippen molar-refractivity contribution in [1.82, 2.24) is 15.5 Å². The van der Waals surface area contributed by atoms with Crippen LogP contribution in [0, 0.1) is 0 Å². The minimum atomic E-state index is -5.08. The van der Waals surface area contributed by atoms with E-state index in [9.17, 15) is 18.0 Å². The molecule has 1 aliphatic heterocycles. The zero-order valence-electron chi connectivity index (χ0n) is 28.0. The Morgan fingerprint density at radius 3 is 2.10 bits per heavy atom. The zero-order chi connectivity index (χ0) is 35.0. The quantitative estimate of drug-likeness (QED) is 0.170. The van der Waals surface area contributed by atoms with E-state index < -0.39 is 12.1 Å². The van der Waals surface area contributed by atoms with Gasteiger partial charge < -0.3 is 15.7 Å². The Hall–Kier alpha value is -4.47. The number of hydrogen-bond acceptors (Lipinski definition) is 4. The van der Waals surface area contributed by atoms with Crippen LogP contribution in [0.3, 0.4) is 0 Å². The molecule has 1 amide bonds. The summed E-state index contributed by atoms with van der Waals surface area (Å²) in [6.07, 6.45) is -0.801. The maximum absolute atomic E-state index is 13.8. The number of carboxylic acid groups (broad SMARTS) is 1. The highest BCUT2D eigenvalue weighted by Crippen LogP contribution is 2.30. The van der Waals surface area contributed by atoms with Gasteiger partial charge in [0.15, 0.2) is 0 Å². The molecule has 4 aromatic carbocycles. The van der Waals surface area contributed by atoms with Crippen molar-refractivity contribution in [3.05, 3.63) is 130 Å². The number of alkyl halides is 3. The summed E-state index contributed by atoms with van der Waals surface area (Å²) in [4.78, 5) is 25.3. The molecule has 0 radical (unpaired) electrons. The highest BCUT2D eigenvalue weighted by atomic mass is 19.4. The minimum absolute atomic E-state index is 0.0125. The van der Waals surface area contributed by atoms with Gasteiger partial charge in [-0.25, -0.2) is 4.79 Å². The number of rotatable bonds is 9. The van der Waals surface area contributed by atoms with Crippen molar-refractivity contribution in [1.29, 1.82) is 0 Å². The molecule has 1 fully saturated rings. The molecule has 0 aromatic heterocycles. The van der Waals surface area contributed by atoms with Crippen LogP contribution in [0.25, 0.3) is 11.1 Å². The van der Waals surface area contributed by atoms with Gasteiger partial charge in [-0.05, 0) is 83.2 Å². The molecule has 3 N–H and O–H groups in total. The number of nitrogens with zero attached hydrogens (tertiary/aromatic N) is 1. The standard InChI is InChI=1S/C38H43N3O.C2HF3O2/c1-27(2)39-24-29-16-19-36(37(21-29)38(42)40-35-22-32-11-6-7-12-33(32)23-35)31-17-14-28(15-18-31)25-41-20-8-13-34(26-41)30-9-4-3-5-10-30;3-2(4,5)1(6)7/h3-7,9-12,14-19,21,27,34-35,39H,8,13,20,22-26H2,1-2H3,(H,40,42);(H,6,7). The maximum Gasteiger partial charge on any atom is 0.490 e. The van der Waals surface area contributed by atoms with E-state index >= 15 is 0 Å². The first-order valence-electron chi connectivity index (χ1n) is 16.9. The van der Waals surface area contributed by atoms with Crippen LogP contribution >= 0.6 is 0 Å². The predicted octanol–water partition coefficient (Wildman–Crippen LogP) is 7.76. The Morgan fingerprint density at radius 2 is 1.49 bits per heavy atom. The number of fused-ring (bicyclic) bond motifs is 1. The number of piperidine rings is 1. The first-order chi connectivity index (χ1) is 23.5. The van der Waals surface area contributed by atoms with Crippen LogP contribution < -0.4 is 10.6 Å². The summed E-state index contributed by atoms with van der Waals surface area (Å²) in [6, 6.07) is 35.2. The molecule has 258 valence electrons. The van der Waals surface area contributed by atoms with Gasteiger partial charge in [0, 0.05) is 37.3 Å². The third kappa shape index (κ3) is 10.0. The van der Waals surface area contributed by atoms with Crippen LogP contribution in [0.15, 0.2) is 97.1 Å². The molecule has 6 rings (SSSR count). The highest BCUT2D eigenvalue weighted by molar-refractivity contribution is 6.01. The summed E-state index contributed by atoms with van der Waals surface area (Å²) in [6.45, 7) is 8.24. The van der Waals surface area contributed by atoms with E-state index in [1.165, 1.54) is 35.1 Å². The van der Waals surface area contributed by atoms with Gasteiger partial charge in [-0.1, -0.05) is 105 Å². The second-order valence-corrected chi connectivity index (χ2v) is 13.2. The lowest BCUT2D eigenvalue weighted by molar-refractivity contribution is -0.192. The molecule has 1 heterocycles. The summed E-state index contributed by atoms with van der Waals surface area (Å²) >= 11 is 0. The number of likely N-dealkylation sites (tertiary alicyclic amines) is 1. The van der Waals surface area contributed by atoms with E-state index in [-0.39, 0.29) is 11.9 Å². The van der Waals surface area contributed by atoms with Gasteiger partial charge >= 0.3 is 12.1 Å². The Kier molecular flexibility index (Phi) is 11.9. The largest absolute Gasteiger partial charge is 0.490 e. The van der Waals surface area contributed by atoms with E-state index in [1.54, 1.807) is 0 Å². The van der Waals surface area contributed by atoms with Crippen LogP contribution in [-0.4, -0.2) is 53.2 Å². The van der Waals surface area contributed by atoms with Crippen molar-refractivity contribution in [2.75, 3.05) is 13.1 Å².